The predicted molar refractivity (Wildman–Crippen MR) is 70.2 cm³/mol. The van der Waals surface area contributed by atoms with Gasteiger partial charge in [-0.1, -0.05) is 6.92 Å². The highest BCUT2D eigenvalue weighted by molar-refractivity contribution is 5.81. The van der Waals surface area contributed by atoms with E-state index in [1.165, 1.54) is 0 Å². The number of nitrogens with one attached hydrogen (secondary N) is 2. The monoisotopic (exact) mass is 250 g/mol. The van der Waals surface area contributed by atoms with Crippen LogP contribution >= 0.6 is 0 Å². The SMILES string of the molecule is Cc1nccn1CC(C)CNC(=O)[C@@H]1CCCN1. The van der Waals surface area contributed by atoms with Gasteiger partial charge in [0.05, 0.1) is 6.04 Å². The molecule has 0 aliphatic carbocycles. The third kappa shape index (κ3) is 3.32. The Balaban J connectivity index is 1.73. The van der Waals surface area contributed by atoms with Crippen LogP contribution in [0, 0.1) is 12.8 Å². The Labute approximate surface area is 108 Å². The number of imidazole rings is 1. The van der Waals surface area contributed by atoms with Crippen molar-refractivity contribution in [2.45, 2.75) is 39.3 Å². The van der Waals surface area contributed by atoms with Crippen LogP contribution in [0.4, 0.5) is 0 Å². The topological polar surface area (TPSA) is 59.0 Å². The van der Waals surface area contributed by atoms with Gasteiger partial charge in [-0.2, -0.15) is 0 Å². The van der Waals surface area contributed by atoms with E-state index in [1.54, 1.807) is 0 Å². The van der Waals surface area contributed by atoms with E-state index in [-0.39, 0.29) is 11.9 Å². The molecule has 0 radical (unpaired) electrons. The number of aryl methyl sites for hydroxylation is 1. The molecule has 0 bridgehead atoms. The van der Waals surface area contributed by atoms with Crippen molar-refractivity contribution in [2.24, 2.45) is 5.92 Å². The average molecular weight is 250 g/mol. The Morgan fingerprint density at radius 1 is 1.72 bits per heavy atom. The van der Waals surface area contributed by atoms with Crippen molar-refractivity contribution in [3.05, 3.63) is 18.2 Å². The second-order valence-corrected chi connectivity index (χ2v) is 5.13. The third-order valence-electron chi connectivity index (χ3n) is 3.43. The highest BCUT2D eigenvalue weighted by Crippen LogP contribution is 2.06. The van der Waals surface area contributed by atoms with Crippen molar-refractivity contribution < 1.29 is 4.79 Å². The van der Waals surface area contributed by atoms with Crippen molar-refractivity contribution in [1.82, 2.24) is 20.2 Å². The second-order valence-electron chi connectivity index (χ2n) is 5.13. The van der Waals surface area contributed by atoms with E-state index in [0.717, 1.165) is 31.8 Å². The Hall–Kier alpha value is -1.36. The predicted octanol–water partition coefficient (Wildman–Crippen LogP) is 0.696. The Morgan fingerprint density at radius 3 is 3.17 bits per heavy atom. The van der Waals surface area contributed by atoms with Crippen molar-refractivity contribution in [2.75, 3.05) is 13.1 Å². The molecular formula is C13H22N4O. The number of carbonyl (C=O) groups is 1. The summed E-state index contributed by atoms with van der Waals surface area (Å²) in [6, 6.07) is 0.0205. The molecule has 1 amide bonds. The molecule has 2 N–H and O–H groups in total. The minimum absolute atomic E-state index is 0.0205. The standard InChI is InChI=1S/C13H22N4O/c1-10(9-17-7-6-14-11(17)2)8-16-13(18)12-4-3-5-15-12/h6-7,10,12,15H,3-5,8-9H2,1-2H3,(H,16,18)/t10?,12-/m0/s1. The highest BCUT2D eigenvalue weighted by Gasteiger charge is 2.21. The van der Waals surface area contributed by atoms with Gasteiger partial charge in [0.2, 0.25) is 5.91 Å². The molecule has 1 unspecified atom stereocenters. The Kier molecular flexibility index (Phi) is 4.36. The van der Waals surface area contributed by atoms with Gasteiger partial charge in [0.25, 0.3) is 0 Å². The summed E-state index contributed by atoms with van der Waals surface area (Å²) in [6.07, 6.45) is 5.85. The molecule has 0 spiro atoms. The maximum Gasteiger partial charge on any atom is 0.237 e. The molecular weight excluding hydrogens is 228 g/mol. The number of nitrogens with zero attached hydrogens (tertiary/aromatic N) is 2. The van der Waals surface area contributed by atoms with Crippen molar-refractivity contribution in [3.63, 3.8) is 0 Å². The molecule has 1 aliphatic rings. The van der Waals surface area contributed by atoms with Crippen molar-refractivity contribution in [3.8, 4) is 0 Å². The third-order valence-corrected chi connectivity index (χ3v) is 3.43. The summed E-state index contributed by atoms with van der Waals surface area (Å²) >= 11 is 0. The zero-order valence-electron chi connectivity index (χ0n) is 11.1. The molecule has 1 aliphatic heterocycles. The van der Waals surface area contributed by atoms with Gasteiger partial charge < -0.3 is 15.2 Å². The summed E-state index contributed by atoms with van der Waals surface area (Å²) in [7, 11) is 0. The first kappa shape index (κ1) is 13.1. The maximum absolute atomic E-state index is 11.8. The number of hydrogen-bond acceptors (Lipinski definition) is 3. The van der Waals surface area contributed by atoms with E-state index in [1.807, 2.05) is 19.3 Å². The van der Waals surface area contributed by atoms with E-state index >= 15 is 0 Å². The van der Waals surface area contributed by atoms with Gasteiger partial charge in [-0.15, -0.1) is 0 Å². The number of hydrogen-bond donors (Lipinski definition) is 2. The first-order chi connectivity index (χ1) is 8.66. The molecule has 0 aromatic carbocycles. The van der Waals surface area contributed by atoms with Crippen LogP contribution in [0.2, 0.25) is 0 Å². The van der Waals surface area contributed by atoms with Gasteiger partial charge in [0, 0.05) is 25.5 Å². The lowest BCUT2D eigenvalue weighted by molar-refractivity contribution is -0.122. The van der Waals surface area contributed by atoms with Crippen LogP contribution in [0.15, 0.2) is 12.4 Å². The number of aromatic nitrogens is 2. The molecule has 0 saturated carbocycles. The minimum Gasteiger partial charge on any atom is -0.354 e. The smallest absolute Gasteiger partial charge is 0.237 e. The lowest BCUT2D eigenvalue weighted by Gasteiger charge is -2.16. The van der Waals surface area contributed by atoms with E-state index in [9.17, 15) is 4.79 Å². The zero-order valence-corrected chi connectivity index (χ0v) is 11.1. The largest absolute Gasteiger partial charge is 0.354 e. The summed E-state index contributed by atoms with van der Waals surface area (Å²) in [6.45, 7) is 6.70. The fourth-order valence-electron chi connectivity index (χ4n) is 2.30. The van der Waals surface area contributed by atoms with Crippen LogP contribution in [0.5, 0.6) is 0 Å². The van der Waals surface area contributed by atoms with Crippen LogP contribution in [-0.2, 0) is 11.3 Å². The van der Waals surface area contributed by atoms with Gasteiger partial charge in [-0.25, -0.2) is 4.98 Å². The maximum atomic E-state index is 11.8. The fraction of sp³-hybridized carbons (Fsp3) is 0.692. The quantitative estimate of drug-likeness (QED) is 0.808. The minimum atomic E-state index is 0.0205. The Bertz CT molecular complexity index is 395. The fourth-order valence-corrected chi connectivity index (χ4v) is 2.30. The summed E-state index contributed by atoms with van der Waals surface area (Å²) < 4.78 is 2.12. The van der Waals surface area contributed by atoms with E-state index in [2.05, 4.69) is 27.1 Å². The van der Waals surface area contributed by atoms with Crippen molar-refractivity contribution in [1.29, 1.82) is 0 Å². The molecule has 1 aromatic rings. The van der Waals surface area contributed by atoms with Crippen LogP contribution < -0.4 is 10.6 Å². The number of carbonyl (C=O) groups excluding carboxylic acids is 1. The average Bonchev–Trinajstić information content (AvgIpc) is 2.99. The first-order valence-corrected chi connectivity index (χ1v) is 6.65. The molecule has 18 heavy (non-hydrogen) atoms. The summed E-state index contributed by atoms with van der Waals surface area (Å²) in [5.74, 6) is 1.57. The molecule has 2 heterocycles. The molecule has 2 atom stereocenters. The van der Waals surface area contributed by atoms with Gasteiger partial charge in [-0.05, 0) is 32.2 Å². The molecule has 1 saturated heterocycles. The van der Waals surface area contributed by atoms with E-state index in [0.29, 0.717) is 12.5 Å². The Morgan fingerprint density at radius 2 is 2.56 bits per heavy atom. The molecule has 1 aromatic heterocycles. The van der Waals surface area contributed by atoms with Crippen LogP contribution in [0.3, 0.4) is 0 Å². The van der Waals surface area contributed by atoms with Gasteiger partial charge in [-0.3, -0.25) is 4.79 Å². The van der Waals surface area contributed by atoms with Gasteiger partial charge >= 0.3 is 0 Å². The molecule has 5 nitrogen and oxygen atoms in total. The number of rotatable bonds is 5. The zero-order chi connectivity index (χ0) is 13.0. The van der Waals surface area contributed by atoms with Gasteiger partial charge in [0.1, 0.15) is 5.82 Å². The highest BCUT2D eigenvalue weighted by atomic mass is 16.2. The molecule has 1 fully saturated rings. The van der Waals surface area contributed by atoms with Crippen molar-refractivity contribution >= 4 is 5.91 Å². The molecule has 100 valence electrons. The lowest BCUT2D eigenvalue weighted by Crippen LogP contribution is -2.42. The second kappa shape index (κ2) is 6.00. The van der Waals surface area contributed by atoms with E-state index < -0.39 is 0 Å². The molecule has 2 rings (SSSR count). The summed E-state index contributed by atoms with van der Waals surface area (Å²) in [5, 5.41) is 6.23. The van der Waals surface area contributed by atoms with Gasteiger partial charge in [0.15, 0.2) is 0 Å². The summed E-state index contributed by atoms with van der Waals surface area (Å²) in [4.78, 5) is 16.0. The lowest BCUT2D eigenvalue weighted by atomic mass is 10.1. The summed E-state index contributed by atoms with van der Waals surface area (Å²) in [5.41, 5.74) is 0. The van der Waals surface area contributed by atoms with Crippen LogP contribution in [0.25, 0.3) is 0 Å². The first-order valence-electron chi connectivity index (χ1n) is 6.65. The number of amides is 1. The van der Waals surface area contributed by atoms with E-state index in [4.69, 9.17) is 0 Å². The van der Waals surface area contributed by atoms with Crippen LogP contribution in [0.1, 0.15) is 25.6 Å². The normalized spacial score (nSPS) is 20.9. The van der Waals surface area contributed by atoms with Crippen LogP contribution in [-0.4, -0.2) is 34.6 Å². The molecule has 5 heteroatoms.